The Bertz CT molecular complexity index is 604. The molecule has 0 heterocycles. The lowest BCUT2D eigenvalue weighted by molar-refractivity contribution is -0.955. The van der Waals surface area contributed by atoms with Crippen LogP contribution in [0.4, 0.5) is 0 Å². The molecular formula is C19H42N2O8S2+2. The monoisotopic (exact) mass is 490 g/mol. The maximum Gasteiger partial charge on any atom is 0.399 e. The number of carbonyl (C=O) groups excluding carboxylic acids is 1. The van der Waals surface area contributed by atoms with E-state index in [9.17, 15) is 13.2 Å². The number of hydrogen-bond donors (Lipinski definition) is 0. The molecule has 0 radical (unpaired) electrons. The van der Waals surface area contributed by atoms with Crippen molar-refractivity contribution in [2.45, 2.75) is 26.7 Å². The molecule has 0 fully saturated rings. The third-order valence-electron chi connectivity index (χ3n) is 5.31. The second-order valence-corrected chi connectivity index (χ2v) is 10.5. The van der Waals surface area contributed by atoms with Crippen LogP contribution in [0.2, 0.25) is 0 Å². The molecule has 186 valence electrons. The van der Waals surface area contributed by atoms with Gasteiger partial charge in [0.1, 0.15) is 39.4 Å². The number of hydrogen-bond acceptors (Lipinski definition) is 9. The van der Waals surface area contributed by atoms with E-state index >= 15 is 0 Å². The molecule has 0 N–H and O–H groups in total. The van der Waals surface area contributed by atoms with Crippen LogP contribution >= 0.6 is 12.3 Å². The molecule has 0 aliphatic carbocycles. The Morgan fingerprint density at radius 2 is 1.65 bits per heavy atom. The maximum absolute atomic E-state index is 12.0. The Morgan fingerprint density at radius 1 is 0.968 bits per heavy atom. The van der Waals surface area contributed by atoms with Gasteiger partial charge in [0.15, 0.2) is 12.3 Å². The molecule has 0 rings (SSSR count). The molecule has 0 aromatic carbocycles. The summed E-state index contributed by atoms with van der Waals surface area (Å²) in [6, 6.07) is 0. The Labute approximate surface area is 193 Å². The highest BCUT2D eigenvalue weighted by Gasteiger charge is 2.27. The van der Waals surface area contributed by atoms with Crippen LogP contribution in [-0.4, -0.2) is 111 Å². The molecule has 2 atom stereocenters. The smallest absolute Gasteiger partial charge is 0.399 e. The summed E-state index contributed by atoms with van der Waals surface area (Å²) in [5.41, 5.74) is 0. The summed E-state index contributed by atoms with van der Waals surface area (Å²) in [5.74, 6) is -0.265. The van der Waals surface area contributed by atoms with Crippen molar-refractivity contribution in [3.63, 3.8) is 0 Å². The number of esters is 1. The number of quaternary nitrogens is 2. The van der Waals surface area contributed by atoms with Crippen LogP contribution in [0, 0.1) is 5.92 Å². The standard InChI is InChI=1S/C19H42N2O8S2/c1-8-18(2)19(22)27-16-14-21(5,10-9-15-28-30-25-6)12-11-20(3,4)13-17-29-31(23,24)26-7/h18H,8-17H2,1-7H3/q+2. The number of rotatable bonds is 19. The molecule has 0 saturated carbocycles. The van der Waals surface area contributed by atoms with E-state index in [1.165, 1.54) is 0 Å². The van der Waals surface area contributed by atoms with Gasteiger partial charge in [-0.05, 0) is 6.42 Å². The molecule has 2 unspecified atom stereocenters. The Hall–Kier alpha value is -0.470. The van der Waals surface area contributed by atoms with Gasteiger partial charge in [-0.3, -0.25) is 17.3 Å². The molecule has 0 saturated heterocycles. The average Bonchev–Trinajstić information content (AvgIpc) is 2.71. The topological polar surface area (TPSA) is 97.4 Å². The van der Waals surface area contributed by atoms with Crippen molar-refractivity contribution in [3.8, 4) is 0 Å². The lowest BCUT2D eigenvalue weighted by Gasteiger charge is -2.38. The number of likely N-dealkylation sites (N-methyl/N-ethyl adjacent to an activating group) is 2. The minimum absolute atomic E-state index is 0.0431. The first-order valence-electron chi connectivity index (χ1n) is 10.5. The number of carbonyl (C=O) groups is 1. The average molecular weight is 491 g/mol. The first-order chi connectivity index (χ1) is 14.4. The van der Waals surface area contributed by atoms with Crippen LogP contribution in [0.25, 0.3) is 0 Å². The predicted octanol–water partition coefficient (Wildman–Crippen LogP) is 1.62. The van der Waals surface area contributed by atoms with E-state index in [1.54, 1.807) is 7.11 Å². The Morgan fingerprint density at radius 3 is 2.23 bits per heavy atom. The number of nitrogens with zero attached hydrogens (tertiary/aromatic N) is 2. The Balaban J connectivity index is 4.76. The van der Waals surface area contributed by atoms with Crippen molar-refractivity contribution < 1.29 is 43.6 Å². The molecule has 0 aliphatic rings. The second-order valence-electron chi connectivity index (χ2n) is 8.46. The van der Waals surface area contributed by atoms with Crippen LogP contribution in [0.3, 0.4) is 0 Å². The van der Waals surface area contributed by atoms with Crippen LogP contribution < -0.4 is 0 Å². The van der Waals surface area contributed by atoms with Crippen molar-refractivity contribution in [2.75, 3.05) is 87.9 Å². The maximum atomic E-state index is 12.0. The molecule has 31 heavy (non-hydrogen) atoms. The fraction of sp³-hybridized carbons (Fsp3) is 0.947. The summed E-state index contributed by atoms with van der Waals surface area (Å²) in [5, 5.41) is 0. The normalized spacial score (nSPS) is 15.5. The minimum atomic E-state index is -3.92. The predicted molar refractivity (Wildman–Crippen MR) is 120 cm³/mol. The molecule has 0 aromatic heterocycles. The number of ether oxygens (including phenoxy) is 1. The fourth-order valence-electron chi connectivity index (χ4n) is 2.66. The molecule has 0 spiro atoms. The van der Waals surface area contributed by atoms with Gasteiger partial charge in [0, 0.05) is 6.42 Å². The lowest BCUT2D eigenvalue weighted by atomic mass is 10.1. The molecule has 0 aromatic rings. The molecule has 10 nitrogen and oxygen atoms in total. The van der Waals surface area contributed by atoms with E-state index in [0.29, 0.717) is 35.3 Å². The SMILES string of the molecule is CCC(C)C(=O)OCC[N+](C)(CCCOSOC)CC[N+](C)(C)CCOS(=O)(=O)OC. The molecule has 0 bridgehead atoms. The van der Waals surface area contributed by atoms with Gasteiger partial charge in [-0.25, -0.2) is 4.18 Å². The summed E-state index contributed by atoms with van der Waals surface area (Å²) in [7, 11) is 4.88. The highest BCUT2D eigenvalue weighted by molar-refractivity contribution is 7.89. The second kappa shape index (κ2) is 15.4. The lowest BCUT2D eigenvalue weighted by Crippen LogP contribution is -2.55. The first-order valence-corrected chi connectivity index (χ1v) is 12.5. The van der Waals surface area contributed by atoms with E-state index in [4.69, 9.17) is 17.3 Å². The van der Waals surface area contributed by atoms with Crippen molar-refractivity contribution >= 4 is 28.7 Å². The van der Waals surface area contributed by atoms with Gasteiger partial charge in [-0.15, -0.1) is 0 Å². The summed E-state index contributed by atoms with van der Waals surface area (Å²) in [6.07, 6.45) is 1.58. The Kier molecular flexibility index (Phi) is 15.1. The zero-order valence-electron chi connectivity index (χ0n) is 20.1. The summed E-state index contributed by atoms with van der Waals surface area (Å²) in [6.45, 7) is 8.45. The van der Waals surface area contributed by atoms with Gasteiger partial charge in [0.05, 0.1) is 54.4 Å². The summed E-state index contributed by atoms with van der Waals surface area (Å²) >= 11 is 0.964. The third-order valence-corrected chi connectivity index (χ3v) is 6.57. The third kappa shape index (κ3) is 15.1. The van der Waals surface area contributed by atoms with Gasteiger partial charge >= 0.3 is 16.4 Å². The van der Waals surface area contributed by atoms with Gasteiger partial charge < -0.3 is 13.7 Å². The highest BCUT2D eigenvalue weighted by atomic mass is 32.3. The van der Waals surface area contributed by atoms with E-state index in [0.717, 1.165) is 51.9 Å². The zero-order valence-corrected chi connectivity index (χ0v) is 21.8. The highest BCUT2D eigenvalue weighted by Crippen LogP contribution is 2.11. The van der Waals surface area contributed by atoms with Gasteiger partial charge in [-0.1, -0.05) is 13.8 Å². The van der Waals surface area contributed by atoms with E-state index in [-0.39, 0.29) is 18.5 Å². The van der Waals surface area contributed by atoms with Crippen LogP contribution in [0.15, 0.2) is 0 Å². The molecule has 0 aliphatic heterocycles. The van der Waals surface area contributed by atoms with Crippen molar-refractivity contribution in [1.82, 2.24) is 0 Å². The largest absolute Gasteiger partial charge is 0.459 e. The van der Waals surface area contributed by atoms with Crippen molar-refractivity contribution in [1.29, 1.82) is 0 Å². The van der Waals surface area contributed by atoms with Crippen molar-refractivity contribution in [2.24, 2.45) is 5.92 Å². The summed E-state index contributed by atoms with van der Waals surface area (Å²) in [4.78, 5) is 12.0. The van der Waals surface area contributed by atoms with E-state index in [2.05, 4.69) is 11.2 Å². The van der Waals surface area contributed by atoms with Crippen LogP contribution in [-0.2, 0) is 36.7 Å². The quantitative estimate of drug-likeness (QED) is 0.116. The van der Waals surface area contributed by atoms with Gasteiger partial charge in [0.25, 0.3) is 0 Å². The van der Waals surface area contributed by atoms with Crippen LogP contribution in [0.5, 0.6) is 0 Å². The first kappa shape index (κ1) is 30.5. The zero-order chi connectivity index (χ0) is 24.0. The molecular weight excluding hydrogens is 448 g/mol. The van der Waals surface area contributed by atoms with E-state index in [1.807, 2.05) is 27.9 Å². The molecule has 12 heteroatoms. The van der Waals surface area contributed by atoms with E-state index < -0.39 is 10.4 Å². The summed E-state index contributed by atoms with van der Waals surface area (Å²) < 4.78 is 48.6. The van der Waals surface area contributed by atoms with Gasteiger partial charge in [-0.2, -0.15) is 8.42 Å². The fourth-order valence-corrected chi connectivity index (χ4v) is 3.31. The van der Waals surface area contributed by atoms with Crippen molar-refractivity contribution in [3.05, 3.63) is 0 Å². The van der Waals surface area contributed by atoms with Crippen LogP contribution in [0.1, 0.15) is 26.7 Å². The molecule has 0 amide bonds. The minimum Gasteiger partial charge on any atom is -0.459 e. The van der Waals surface area contributed by atoms with Gasteiger partial charge in [0.2, 0.25) is 0 Å².